The lowest BCUT2D eigenvalue weighted by atomic mass is 10.1. The average molecular weight is 439 g/mol. The molecular weight excluding hydrogens is 412 g/mol. The van der Waals surface area contributed by atoms with Crippen molar-refractivity contribution < 1.29 is 21.6 Å². The molecule has 0 unspecified atom stereocenters. The summed E-state index contributed by atoms with van der Waals surface area (Å²) < 4.78 is 53.3. The van der Waals surface area contributed by atoms with Crippen LogP contribution in [-0.2, 0) is 24.7 Å². The Balaban J connectivity index is 2.23. The molecule has 158 valence electrons. The number of aryl methyl sites for hydroxylation is 1. The maximum Gasteiger partial charge on any atom is 0.240 e. The summed E-state index contributed by atoms with van der Waals surface area (Å²) >= 11 is 0. The first-order valence-electron chi connectivity index (χ1n) is 9.04. The molecule has 0 heterocycles. The molecule has 2 aromatic rings. The van der Waals surface area contributed by atoms with Gasteiger partial charge in [0, 0.05) is 18.5 Å². The van der Waals surface area contributed by atoms with Crippen molar-refractivity contribution in [2.45, 2.75) is 54.3 Å². The molecule has 0 atom stereocenters. The Kier molecular flexibility index (Phi) is 6.87. The van der Waals surface area contributed by atoms with E-state index in [1.807, 2.05) is 20.8 Å². The molecule has 9 heteroatoms. The quantitative estimate of drug-likeness (QED) is 0.690. The van der Waals surface area contributed by atoms with E-state index < -0.39 is 25.4 Å². The zero-order chi connectivity index (χ0) is 21.9. The lowest BCUT2D eigenvalue weighted by molar-refractivity contribution is -0.122. The first kappa shape index (κ1) is 23.1. The molecule has 0 aromatic heterocycles. The highest BCUT2D eigenvalue weighted by atomic mass is 32.2. The number of sulfonamides is 1. The van der Waals surface area contributed by atoms with Crippen molar-refractivity contribution in [3.05, 3.63) is 54.1 Å². The summed E-state index contributed by atoms with van der Waals surface area (Å²) in [4.78, 5) is 11.7. The van der Waals surface area contributed by atoms with Crippen molar-refractivity contribution in [1.29, 1.82) is 0 Å². The molecule has 0 saturated carbocycles. The number of carbonyl (C=O) groups is 1. The number of benzene rings is 2. The van der Waals surface area contributed by atoms with E-state index in [2.05, 4.69) is 10.0 Å². The summed E-state index contributed by atoms with van der Waals surface area (Å²) in [5.41, 5.74) is -0.00388. The van der Waals surface area contributed by atoms with Gasteiger partial charge in [0.25, 0.3) is 0 Å². The smallest absolute Gasteiger partial charge is 0.240 e. The van der Waals surface area contributed by atoms with Crippen LogP contribution in [0, 0.1) is 6.92 Å². The van der Waals surface area contributed by atoms with E-state index in [9.17, 15) is 21.6 Å². The van der Waals surface area contributed by atoms with Crippen LogP contribution in [0.25, 0.3) is 0 Å². The zero-order valence-electron chi connectivity index (χ0n) is 16.9. The Hall–Kier alpha value is -2.23. The van der Waals surface area contributed by atoms with Gasteiger partial charge in [0.15, 0.2) is 0 Å². The van der Waals surface area contributed by atoms with E-state index >= 15 is 0 Å². The first-order valence-corrected chi connectivity index (χ1v) is 12.0. The van der Waals surface area contributed by atoms with Crippen molar-refractivity contribution in [1.82, 2.24) is 10.0 Å². The fraction of sp³-hybridized carbons (Fsp3) is 0.350. The van der Waals surface area contributed by atoms with E-state index in [0.717, 1.165) is 6.07 Å². The highest BCUT2D eigenvalue weighted by molar-refractivity contribution is 7.91. The van der Waals surface area contributed by atoms with Crippen LogP contribution < -0.4 is 10.0 Å². The predicted octanol–water partition coefficient (Wildman–Crippen LogP) is 2.41. The van der Waals surface area contributed by atoms with E-state index in [0.29, 0.717) is 5.56 Å². The average Bonchev–Trinajstić information content (AvgIpc) is 2.60. The maximum absolute atomic E-state index is 12.8. The Morgan fingerprint density at radius 1 is 0.931 bits per heavy atom. The largest absolute Gasteiger partial charge is 0.351 e. The number of sulfone groups is 1. The van der Waals surface area contributed by atoms with Gasteiger partial charge < -0.3 is 5.32 Å². The normalized spacial score (nSPS) is 12.6. The number of hydrogen-bond donors (Lipinski definition) is 2. The molecule has 0 radical (unpaired) electrons. The fourth-order valence-electron chi connectivity index (χ4n) is 2.63. The van der Waals surface area contributed by atoms with Crippen LogP contribution in [-0.4, -0.2) is 34.8 Å². The SMILES string of the molecule is Cc1ccc(S(=O)(=O)c2ccccc2)cc1S(=O)(=O)NCCC(=O)NC(C)(C)C. The van der Waals surface area contributed by atoms with E-state index in [1.54, 1.807) is 25.1 Å². The van der Waals surface area contributed by atoms with Crippen molar-refractivity contribution in [2.75, 3.05) is 6.54 Å². The topological polar surface area (TPSA) is 109 Å². The Labute approximate surface area is 172 Å². The van der Waals surface area contributed by atoms with Gasteiger partial charge in [0.2, 0.25) is 25.8 Å². The number of hydrogen-bond acceptors (Lipinski definition) is 5. The minimum Gasteiger partial charge on any atom is -0.351 e. The van der Waals surface area contributed by atoms with Crippen molar-refractivity contribution in [2.24, 2.45) is 0 Å². The number of nitrogens with one attached hydrogen (secondary N) is 2. The number of amides is 1. The summed E-state index contributed by atoms with van der Waals surface area (Å²) in [6, 6.07) is 11.8. The second-order valence-corrected chi connectivity index (χ2v) is 11.4. The predicted molar refractivity (Wildman–Crippen MR) is 111 cm³/mol. The van der Waals surface area contributed by atoms with E-state index in [1.165, 1.54) is 24.3 Å². The second-order valence-electron chi connectivity index (χ2n) is 7.69. The minimum atomic E-state index is -3.99. The summed E-state index contributed by atoms with van der Waals surface area (Å²) in [6.45, 7) is 6.98. The molecule has 0 fully saturated rings. The van der Waals surface area contributed by atoms with Crippen molar-refractivity contribution in [3.8, 4) is 0 Å². The molecule has 0 saturated heterocycles. The van der Waals surface area contributed by atoms with Gasteiger partial charge in [-0.15, -0.1) is 0 Å². The monoisotopic (exact) mass is 438 g/mol. The number of carbonyl (C=O) groups excluding carboxylic acids is 1. The van der Waals surface area contributed by atoms with Crippen LogP contribution in [0.15, 0.2) is 63.2 Å². The standard InChI is InChI=1S/C20H26N2O5S2/c1-15-10-11-17(28(24,25)16-8-6-5-7-9-16)14-18(15)29(26,27)21-13-12-19(23)22-20(2,3)4/h5-11,14,21H,12-13H2,1-4H3,(H,22,23). The van der Waals surface area contributed by atoms with Gasteiger partial charge in [-0.2, -0.15) is 0 Å². The van der Waals surface area contributed by atoms with Gasteiger partial charge in [0.1, 0.15) is 0 Å². The molecule has 2 N–H and O–H groups in total. The van der Waals surface area contributed by atoms with Gasteiger partial charge in [0.05, 0.1) is 14.7 Å². The molecule has 0 aliphatic carbocycles. The molecule has 0 bridgehead atoms. The van der Waals surface area contributed by atoms with Gasteiger partial charge in [-0.05, 0) is 57.5 Å². The molecule has 29 heavy (non-hydrogen) atoms. The molecule has 7 nitrogen and oxygen atoms in total. The maximum atomic E-state index is 12.8. The fourth-order valence-corrected chi connectivity index (χ4v) is 5.31. The summed E-state index contributed by atoms with van der Waals surface area (Å²) in [5, 5.41) is 2.75. The number of rotatable bonds is 7. The molecule has 0 aliphatic heterocycles. The Morgan fingerprint density at radius 3 is 2.14 bits per heavy atom. The highest BCUT2D eigenvalue weighted by Gasteiger charge is 2.23. The Bertz CT molecular complexity index is 1090. The molecule has 2 rings (SSSR count). The van der Waals surface area contributed by atoms with Crippen LogP contribution in [0.4, 0.5) is 0 Å². The Morgan fingerprint density at radius 2 is 1.55 bits per heavy atom. The van der Waals surface area contributed by atoms with Gasteiger partial charge in [-0.25, -0.2) is 21.6 Å². The van der Waals surface area contributed by atoms with Crippen LogP contribution in [0.5, 0.6) is 0 Å². The van der Waals surface area contributed by atoms with Crippen LogP contribution in [0.2, 0.25) is 0 Å². The molecule has 2 aromatic carbocycles. The third kappa shape index (κ3) is 6.12. The van der Waals surface area contributed by atoms with Gasteiger partial charge in [-0.1, -0.05) is 24.3 Å². The summed E-state index contributed by atoms with van der Waals surface area (Å²) in [5.74, 6) is -0.280. The molecule has 0 aliphatic rings. The minimum absolute atomic E-state index is 0.0302. The lowest BCUT2D eigenvalue weighted by Gasteiger charge is -2.20. The third-order valence-electron chi connectivity index (χ3n) is 3.97. The van der Waals surface area contributed by atoms with Crippen LogP contribution in [0.3, 0.4) is 0 Å². The highest BCUT2D eigenvalue weighted by Crippen LogP contribution is 2.25. The lowest BCUT2D eigenvalue weighted by Crippen LogP contribution is -2.42. The molecule has 1 amide bonds. The third-order valence-corrected chi connectivity index (χ3v) is 7.34. The zero-order valence-corrected chi connectivity index (χ0v) is 18.5. The first-order chi connectivity index (χ1) is 13.3. The second kappa shape index (κ2) is 8.64. The van der Waals surface area contributed by atoms with E-state index in [-0.39, 0.29) is 33.6 Å². The summed E-state index contributed by atoms with van der Waals surface area (Å²) in [6.07, 6.45) is -0.0302. The molecule has 0 spiro atoms. The van der Waals surface area contributed by atoms with Gasteiger partial charge >= 0.3 is 0 Å². The van der Waals surface area contributed by atoms with Crippen molar-refractivity contribution in [3.63, 3.8) is 0 Å². The van der Waals surface area contributed by atoms with Crippen molar-refractivity contribution >= 4 is 25.8 Å². The van der Waals surface area contributed by atoms with Crippen LogP contribution >= 0.6 is 0 Å². The summed E-state index contributed by atoms with van der Waals surface area (Å²) in [7, 11) is -7.84. The molecular formula is C20H26N2O5S2. The van der Waals surface area contributed by atoms with Crippen LogP contribution in [0.1, 0.15) is 32.8 Å². The van der Waals surface area contributed by atoms with Gasteiger partial charge in [-0.3, -0.25) is 4.79 Å². The van der Waals surface area contributed by atoms with E-state index in [4.69, 9.17) is 0 Å².